The summed E-state index contributed by atoms with van der Waals surface area (Å²) in [6, 6.07) is 6.47. The highest BCUT2D eigenvalue weighted by atomic mass is 35.5. The Morgan fingerprint density at radius 1 is 1.45 bits per heavy atom. The molecular weight excluding hydrogens is 310 g/mol. The Kier molecular flexibility index (Phi) is 5.38. The zero-order valence-corrected chi connectivity index (χ0v) is 12.8. The third-order valence-electron chi connectivity index (χ3n) is 3.23. The van der Waals surface area contributed by atoms with Gasteiger partial charge in [-0.05, 0) is 24.6 Å². The molecule has 1 heterocycles. The van der Waals surface area contributed by atoms with E-state index in [4.69, 9.17) is 21.1 Å². The third kappa shape index (κ3) is 3.76. The van der Waals surface area contributed by atoms with Crippen molar-refractivity contribution in [3.63, 3.8) is 0 Å². The summed E-state index contributed by atoms with van der Waals surface area (Å²) in [4.78, 5) is 36.7. The molecular formula is C15H16ClNO5. The minimum absolute atomic E-state index is 0.264. The van der Waals surface area contributed by atoms with E-state index in [1.165, 1.54) is 4.90 Å². The lowest BCUT2D eigenvalue weighted by Gasteiger charge is -2.26. The molecule has 118 valence electrons. The molecule has 0 radical (unpaired) electrons. The Hall–Kier alpha value is -2.08. The van der Waals surface area contributed by atoms with E-state index in [0.717, 1.165) is 5.56 Å². The predicted molar refractivity (Wildman–Crippen MR) is 79.7 cm³/mol. The monoisotopic (exact) mass is 325 g/mol. The molecule has 2 rings (SSSR count). The average Bonchev–Trinajstić information content (AvgIpc) is 2.91. The maximum atomic E-state index is 12.4. The Morgan fingerprint density at radius 3 is 2.82 bits per heavy atom. The Balaban J connectivity index is 2.23. The van der Waals surface area contributed by atoms with E-state index in [9.17, 15) is 14.4 Å². The number of amides is 1. The zero-order valence-electron chi connectivity index (χ0n) is 12.1. The van der Waals surface area contributed by atoms with Crippen LogP contribution in [0.15, 0.2) is 24.3 Å². The number of rotatable bonds is 5. The van der Waals surface area contributed by atoms with Crippen LogP contribution in [-0.4, -0.2) is 43.0 Å². The van der Waals surface area contributed by atoms with E-state index in [-0.39, 0.29) is 12.5 Å². The number of esters is 2. The van der Waals surface area contributed by atoms with Crippen molar-refractivity contribution < 1.29 is 23.9 Å². The number of halogens is 1. The van der Waals surface area contributed by atoms with Crippen LogP contribution in [-0.2, 0) is 23.9 Å². The Morgan fingerprint density at radius 2 is 2.23 bits per heavy atom. The molecule has 0 saturated carbocycles. The lowest BCUT2D eigenvalue weighted by atomic mass is 10.1. The van der Waals surface area contributed by atoms with E-state index < -0.39 is 30.5 Å². The minimum atomic E-state index is -0.705. The van der Waals surface area contributed by atoms with E-state index in [0.29, 0.717) is 12.1 Å². The average molecular weight is 326 g/mol. The highest BCUT2D eigenvalue weighted by Gasteiger charge is 2.36. The van der Waals surface area contributed by atoms with Crippen molar-refractivity contribution in [1.82, 2.24) is 0 Å². The van der Waals surface area contributed by atoms with Crippen LogP contribution in [0.1, 0.15) is 12.0 Å². The number of hydrogen-bond acceptors (Lipinski definition) is 5. The SMILES string of the molecule is Cc1cccc(N(C(=O)COC(=O)CCl)C2CCOC2=O)c1. The van der Waals surface area contributed by atoms with Crippen LogP contribution in [0.5, 0.6) is 0 Å². The summed E-state index contributed by atoms with van der Waals surface area (Å²) in [7, 11) is 0. The number of hydrogen-bond donors (Lipinski definition) is 0. The standard InChI is InChI=1S/C15H16ClNO5/c1-10-3-2-4-11(7-10)17(12-5-6-21-15(12)20)13(18)9-22-14(19)8-16/h2-4,7,12H,5-6,8-9H2,1H3. The van der Waals surface area contributed by atoms with Gasteiger partial charge in [-0.15, -0.1) is 11.6 Å². The quantitative estimate of drug-likeness (QED) is 0.605. The molecule has 0 bridgehead atoms. The molecule has 1 atom stereocenters. The molecule has 1 aliphatic heterocycles. The third-order valence-corrected chi connectivity index (χ3v) is 3.45. The molecule has 22 heavy (non-hydrogen) atoms. The summed E-state index contributed by atoms with van der Waals surface area (Å²) in [5, 5.41) is 0. The van der Waals surface area contributed by atoms with Crippen molar-refractivity contribution in [1.29, 1.82) is 0 Å². The molecule has 0 N–H and O–H groups in total. The smallest absolute Gasteiger partial charge is 0.329 e. The van der Waals surface area contributed by atoms with Gasteiger partial charge in [0.15, 0.2) is 6.61 Å². The van der Waals surface area contributed by atoms with Gasteiger partial charge in [-0.3, -0.25) is 14.5 Å². The lowest BCUT2D eigenvalue weighted by Crippen LogP contribution is -2.45. The van der Waals surface area contributed by atoms with Crippen LogP contribution >= 0.6 is 11.6 Å². The fourth-order valence-electron chi connectivity index (χ4n) is 2.25. The van der Waals surface area contributed by atoms with Gasteiger partial charge in [-0.1, -0.05) is 12.1 Å². The van der Waals surface area contributed by atoms with Crippen molar-refractivity contribution in [2.24, 2.45) is 0 Å². The molecule has 0 aliphatic carbocycles. The summed E-state index contributed by atoms with van der Waals surface area (Å²) in [6.45, 7) is 1.68. The van der Waals surface area contributed by atoms with Gasteiger partial charge in [0.05, 0.1) is 6.61 Å². The predicted octanol–water partition coefficient (Wildman–Crippen LogP) is 1.43. The molecule has 1 aromatic rings. The highest BCUT2D eigenvalue weighted by molar-refractivity contribution is 6.26. The summed E-state index contributed by atoms with van der Waals surface area (Å²) >= 11 is 5.33. The topological polar surface area (TPSA) is 72.9 Å². The largest absolute Gasteiger partial charge is 0.464 e. The Labute approximate surface area is 132 Å². The van der Waals surface area contributed by atoms with Crippen molar-refractivity contribution in [2.75, 3.05) is 24.0 Å². The maximum absolute atomic E-state index is 12.4. The number of carbonyl (C=O) groups excluding carboxylic acids is 3. The second kappa shape index (κ2) is 7.26. The summed E-state index contributed by atoms with van der Waals surface area (Å²) in [6.07, 6.45) is 0.405. The first-order valence-electron chi connectivity index (χ1n) is 6.80. The van der Waals surface area contributed by atoms with Gasteiger partial charge in [0, 0.05) is 12.1 Å². The number of carbonyl (C=O) groups is 3. The molecule has 1 amide bonds. The van der Waals surface area contributed by atoms with Crippen LogP contribution in [0.3, 0.4) is 0 Å². The van der Waals surface area contributed by atoms with Crippen LogP contribution in [0.4, 0.5) is 5.69 Å². The van der Waals surface area contributed by atoms with Crippen molar-refractivity contribution in [3.8, 4) is 0 Å². The molecule has 1 aromatic carbocycles. The fourth-order valence-corrected chi connectivity index (χ4v) is 2.32. The van der Waals surface area contributed by atoms with Gasteiger partial charge in [0.2, 0.25) is 0 Å². The summed E-state index contributed by atoms with van der Waals surface area (Å²) in [5.74, 6) is -1.97. The molecule has 1 unspecified atom stereocenters. The van der Waals surface area contributed by atoms with Gasteiger partial charge >= 0.3 is 11.9 Å². The molecule has 7 heteroatoms. The lowest BCUT2D eigenvalue weighted by molar-refractivity contribution is -0.146. The Bertz CT molecular complexity index is 589. The zero-order chi connectivity index (χ0) is 16.1. The molecule has 0 aromatic heterocycles. The van der Waals surface area contributed by atoms with E-state index in [1.807, 2.05) is 13.0 Å². The normalized spacial score (nSPS) is 17.0. The van der Waals surface area contributed by atoms with Gasteiger partial charge in [0.25, 0.3) is 5.91 Å². The molecule has 1 fully saturated rings. The first-order chi connectivity index (χ1) is 10.5. The first kappa shape index (κ1) is 16.3. The van der Waals surface area contributed by atoms with Gasteiger partial charge in [0.1, 0.15) is 11.9 Å². The van der Waals surface area contributed by atoms with Crippen LogP contribution < -0.4 is 4.90 Å². The van der Waals surface area contributed by atoms with Crippen molar-refractivity contribution in [2.45, 2.75) is 19.4 Å². The number of ether oxygens (including phenoxy) is 2. The minimum Gasteiger partial charge on any atom is -0.464 e. The number of cyclic esters (lactones) is 1. The number of aryl methyl sites for hydroxylation is 1. The van der Waals surface area contributed by atoms with Gasteiger partial charge in [-0.2, -0.15) is 0 Å². The number of nitrogens with zero attached hydrogens (tertiary/aromatic N) is 1. The van der Waals surface area contributed by atoms with Crippen molar-refractivity contribution >= 4 is 35.1 Å². The van der Waals surface area contributed by atoms with E-state index in [2.05, 4.69) is 0 Å². The number of benzene rings is 1. The highest BCUT2D eigenvalue weighted by Crippen LogP contribution is 2.24. The molecule has 6 nitrogen and oxygen atoms in total. The van der Waals surface area contributed by atoms with Gasteiger partial charge < -0.3 is 9.47 Å². The number of alkyl halides is 1. The van der Waals surface area contributed by atoms with Crippen LogP contribution in [0, 0.1) is 6.92 Å². The number of anilines is 1. The maximum Gasteiger partial charge on any atom is 0.329 e. The van der Waals surface area contributed by atoms with Crippen LogP contribution in [0.25, 0.3) is 0 Å². The van der Waals surface area contributed by atoms with Gasteiger partial charge in [-0.25, -0.2) is 4.79 Å². The summed E-state index contributed by atoms with van der Waals surface area (Å²) < 4.78 is 9.70. The molecule has 1 saturated heterocycles. The van der Waals surface area contributed by atoms with Crippen LogP contribution in [0.2, 0.25) is 0 Å². The van der Waals surface area contributed by atoms with E-state index >= 15 is 0 Å². The summed E-state index contributed by atoms with van der Waals surface area (Å²) in [5.41, 5.74) is 1.51. The second-order valence-electron chi connectivity index (χ2n) is 4.87. The van der Waals surface area contributed by atoms with E-state index in [1.54, 1.807) is 18.2 Å². The fraction of sp³-hybridized carbons (Fsp3) is 0.400. The second-order valence-corrected chi connectivity index (χ2v) is 5.14. The van der Waals surface area contributed by atoms with Crippen molar-refractivity contribution in [3.05, 3.63) is 29.8 Å². The first-order valence-corrected chi connectivity index (χ1v) is 7.33. The molecule has 1 aliphatic rings. The molecule has 0 spiro atoms.